The summed E-state index contributed by atoms with van der Waals surface area (Å²) in [6, 6.07) is 0. The van der Waals surface area contributed by atoms with Gasteiger partial charge < -0.3 is 23.2 Å². The molecule has 0 aliphatic rings. The quantitative estimate of drug-likeness (QED) is 0.525. The Balaban J connectivity index is 6.41. The van der Waals surface area contributed by atoms with Gasteiger partial charge in [0.25, 0.3) is 4.90 Å². The summed E-state index contributed by atoms with van der Waals surface area (Å²) in [4.78, 5) is 9.58. The molecule has 0 rings (SSSR count). The van der Waals surface area contributed by atoms with Crippen LogP contribution in [0.3, 0.4) is 0 Å². The van der Waals surface area contributed by atoms with Crippen LogP contribution in [0.5, 0.6) is 0 Å². The van der Waals surface area contributed by atoms with Gasteiger partial charge in [0.2, 0.25) is 0 Å². The Hall–Kier alpha value is -0.230. The number of hydrogen-bond acceptors (Lipinski definition) is 7. The summed E-state index contributed by atoms with van der Waals surface area (Å²) < 4.78 is 46.9. The van der Waals surface area contributed by atoms with Crippen molar-refractivity contribution in [2.75, 3.05) is 26.4 Å². The van der Waals surface area contributed by atoms with Crippen LogP contribution in [-0.4, -0.2) is 42.4 Å². The SMILES string of the molecule is CCOP(=O)(OCC)C(CC)(C(=O)O)P(=O)(OCC)OCC. The van der Waals surface area contributed by atoms with Gasteiger partial charge in [-0.3, -0.25) is 13.9 Å². The Kier molecular flexibility index (Phi) is 9.06. The minimum Gasteiger partial charge on any atom is -0.480 e. The monoisotopic (exact) mass is 360 g/mol. The van der Waals surface area contributed by atoms with Crippen molar-refractivity contribution in [2.24, 2.45) is 0 Å². The average Bonchev–Trinajstić information content (AvgIpc) is 2.40. The Labute approximate surface area is 131 Å². The first-order chi connectivity index (χ1) is 10.2. The van der Waals surface area contributed by atoms with Crippen LogP contribution in [0.15, 0.2) is 0 Å². The highest BCUT2D eigenvalue weighted by atomic mass is 31.2. The van der Waals surface area contributed by atoms with Crippen LogP contribution in [0.2, 0.25) is 0 Å². The number of carboxylic acids is 1. The third kappa shape index (κ3) is 3.81. The van der Waals surface area contributed by atoms with E-state index in [1.165, 1.54) is 6.92 Å². The second kappa shape index (κ2) is 9.16. The van der Waals surface area contributed by atoms with Crippen LogP contribution >= 0.6 is 15.2 Å². The van der Waals surface area contributed by atoms with E-state index >= 15 is 0 Å². The molecule has 1 N–H and O–H groups in total. The number of rotatable bonds is 12. The van der Waals surface area contributed by atoms with Crippen LogP contribution in [-0.2, 0) is 32.0 Å². The van der Waals surface area contributed by atoms with Gasteiger partial charge in [0.1, 0.15) is 0 Å². The van der Waals surface area contributed by atoms with Crippen LogP contribution in [0.4, 0.5) is 0 Å². The molecule has 0 radical (unpaired) electrons. The molecule has 132 valence electrons. The first-order valence-corrected chi connectivity index (χ1v) is 10.3. The van der Waals surface area contributed by atoms with Gasteiger partial charge in [-0.1, -0.05) is 6.92 Å². The summed E-state index contributed by atoms with van der Waals surface area (Å²) >= 11 is 0. The smallest absolute Gasteiger partial charge is 0.360 e. The summed E-state index contributed by atoms with van der Waals surface area (Å²) in [5.74, 6) is -1.59. The molecule has 8 nitrogen and oxygen atoms in total. The minimum atomic E-state index is -4.31. The third-order valence-corrected chi connectivity index (χ3v) is 9.63. The van der Waals surface area contributed by atoms with Crippen molar-refractivity contribution in [3.63, 3.8) is 0 Å². The highest BCUT2D eigenvalue weighted by Gasteiger charge is 2.70. The largest absolute Gasteiger partial charge is 0.480 e. The molecular weight excluding hydrogens is 334 g/mol. The van der Waals surface area contributed by atoms with Crippen LogP contribution in [0.1, 0.15) is 41.0 Å². The fraction of sp³-hybridized carbons (Fsp3) is 0.917. The van der Waals surface area contributed by atoms with Crippen molar-refractivity contribution in [1.82, 2.24) is 0 Å². The Morgan fingerprint density at radius 2 is 1.09 bits per heavy atom. The zero-order valence-electron chi connectivity index (χ0n) is 13.7. The Bertz CT molecular complexity index is 400. The number of hydrogen-bond donors (Lipinski definition) is 1. The lowest BCUT2D eigenvalue weighted by Gasteiger charge is -2.38. The lowest BCUT2D eigenvalue weighted by atomic mass is 10.3. The molecule has 0 aliphatic carbocycles. The summed E-state index contributed by atoms with van der Waals surface area (Å²) in [6.45, 7) is 7.34. The first-order valence-electron chi connectivity index (χ1n) is 7.26. The minimum absolute atomic E-state index is 0.0649. The van der Waals surface area contributed by atoms with E-state index < -0.39 is 26.1 Å². The predicted molar refractivity (Wildman–Crippen MR) is 82.4 cm³/mol. The molecule has 0 saturated heterocycles. The van der Waals surface area contributed by atoms with E-state index in [1.54, 1.807) is 27.7 Å². The van der Waals surface area contributed by atoms with Crippen molar-refractivity contribution in [3.8, 4) is 0 Å². The van der Waals surface area contributed by atoms with E-state index in [1.807, 2.05) is 0 Å². The lowest BCUT2D eigenvalue weighted by Crippen LogP contribution is -2.40. The summed E-state index contributed by atoms with van der Waals surface area (Å²) in [5.41, 5.74) is 0. The zero-order valence-corrected chi connectivity index (χ0v) is 15.5. The molecule has 0 fully saturated rings. The molecule has 0 amide bonds. The third-order valence-electron chi connectivity index (χ3n) is 2.94. The van der Waals surface area contributed by atoms with Gasteiger partial charge in [-0.05, 0) is 34.1 Å². The molecule has 0 heterocycles. The van der Waals surface area contributed by atoms with E-state index in [4.69, 9.17) is 18.1 Å². The molecule has 22 heavy (non-hydrogen) atoms. The molecule has 0 unspecified atom stereocenters. The van der Waals surface area contributed by atoms with Gasteiger partial charge in [0.15, 0.2) is 0 Å². The van der Waals surface area contributed by atoms with Crippen molar-refractivity contribution in [2.45, 2.75) is 45.9 Å². The molecule has 10 heteroatoms. The first kappa shape index (κ1) is 21.8. The van der Waals surface area contributed by atoms with E-state index in [2.05, 4.69) is 0 Å². The second-order valence-corrected chi connectivity index (χ2v) is 9.04. The highest BCUT2D eigenvalue weighted by molar-refractivity contribution is 7.76. The standard InChI is InChI=1S/C12H26O8P2/c1-6-12(11(13)14,21(15,17-7-2)18-8-3)22(16,19-9-4)20-10-5/h6-10H2,1-5H3,(H,13,14). The number of carbonyl (C=O) groups is 1. The van der Waals surface area contributed by atoms with Gasteiger partial charge in [0.05, 0.1) is 26.4 Å². The zero-order chi connectivity index (χ0) is 17.4. The van der Waals surface area contributed by atoms with Crippen molar-refractivity contribution >= 4 is 21.2 Å². The molecule has 0 atom stereocenters. The normalized spacial score (nSPS) is 13.3. The fourth-order valence-electron chi connectivity index (χ4n) is 2.10. The maximum absolute atomic E-state index is 13.1. The average molecular weight is 360 g/mol. The molecule has 0 bridgehead atoms. The number of aliphatic carboxylic acids is 1. The maximum Gasteiger partial charge on any atom is 0.360 e. The summed E-state index contributed by atoms with van der Waals surface area (Å²) in [5, 5.41) is 9.74. The highest BCUT2D eigenvalue weighted by Crippen LogP contribution is 2.79. The molecular formula is C12H26O8P2. The molecule has 0 spiro atoms. The van der Waals surface area contributed by atoms with Crippen molar-refractivity contribution < 1.29 is 37.1 Å². The lowest BCUT2D eigenvalue weighted by molar-refractivity contribution is -0.139. The van der Waals surface area contributed by atoms with Crippen LogP contribution < -0.4 is 0 Å². The molecule has 0 aromatic heterocycles. The topological polar surface area (TPSA) is 108 Å². The van der Waals surface area contributed by atoms with Crippen LogP contribution in [0.25, 0.3) is 0 Å². The van der Waals surface area contributed by atoms with E-state index in [0.29, 0.717) is 0 Å². The second-order valence-electron chi connectivity index (χ2n) is 4.14. The van der Waals surface area contributed by atoms with E-state index in [-0.39, 0.29) is 32.8 Å². The van der Waals surface area contributed by atoms with E-state index in [9.17, 15) is 19.0 Å². The van der Waals surface area contributed by atoms with Gasteiger partial charge in [-0.2, -0.15) is 0 Å². The summed E-state index contributed by atoms with van der Waals surface area (Å²) in [6.07, 6.45) is -0.295. The van der Waals surface area contributed by atoms with Gasteiger partial charge >= 0.3 is 21.2 Å². The molecule has 0 aliphatic heterocycles. The Morgan fingerprint density at radius 1 is 0.818 bits per heavy atom. The molecule has 0 saturated carbocycles. The molecule has 0 aromatic carbocycles. The van der Waals surface area contributed by atoms with Crippen LogP contribution in [0, 0.1) is 0 Å². The Morgan fingerprint density at radius 3 is 1.23 bits per heavy atom. The van der Waals surface area contributed by atoms with Crippen molar-refractivity contribution in [3.05, 3.63) is 0 Å². The fourth-order valence-corrected chi connectivity index (χ4v) is 7.60. The summed E-state index contributed by atoms with van der Waals surface area (Å²) in [7, 11) is -8.62. The maximum atomic E-state index is 13.1. The predicted octanol–water partition coefficient (Wildman–Crippen LogP) is 3.71. The van der Waals surface area contributed by atoms with E-state index in [0.717, 1.165) is 0 Å². The van der Waals surface area contributed by atoms with Gasteiger partial charge in [-0.15, -0.1) is 0 Å². The van der Waals surface area contributed by atoms with Gasteiger partial charge in [0, 0.05) is 0 Å². The van der Waals surface area contributed by atoms with Crippen molar-refractivity contribution in [1.29, 1.82) is 0 Å². The number of carboxylic acid groups (broad SMARTS) is 1. The van der Waals surface area contributed by atoms with Gasteiger partial charge in [-0.25, -0.2) is 0 Å². The molecule has 0 aromatic rings.